The van der Waals surface area contributed by atoms with Crippen molar-refractivity contribution in [3.05, 3.63) is 226 Å². The molecule has 0 amide bonds. The van der Waals surface area contributed by atoms with Crippen molar-refractivity contribution in [2.75, 3.05) is 7.11 Å². The number of hydrogen-bond donors (Lipinski definition) is 0. The Morgan fingerprint density at radius 3 is 1.07 bits per heavy atom. The van der Waals surface area contributed by atoms with E-state index in [-0.39, 0.29) is 28.9 Å². The lowest BCUT2D eigenvalue weighted by atomic mass is 9.98. The van der Waals surface area contributed by atoms with Crippen LogP contribution in [0, 0.1) is 61.2 Å². The number of rotatable bonds is 8. The van der Waals surface area contributed by atoms with Crippen LogP contribution in [0.3, 0.4) is 0 Å². The first-order chi connectivity index (χ1) is 38.7. The van der Waals surface area contributed by atoms with Crippen molar-refractivity contribution in [1.82, 2.24) is 9.97 Å². The van der Waals surface area contributed by atoms with Gasteiger partial charge in [-0.05, 0) is 206 Å². The fourth-order valence-electron chi connectivity index (χ4n) is 7.55. The number of halogens is 9. The first kappa shape index (κ1) is 76.3. The maximum Gasteiger partial charge on any atom is 0.418 e. The van der Waals surface area contributed by atoms with Crippen molar-refractivity contribution in [2.24, 2.45) is 0 Å². The zero-order valence-corrected chi connectivity index (χ0v) is 55.7. The lowest BCUT2D eigenvalue weighted by Gasteiger charge is -2.13. The van der Waals surface area contributed by atoms with E-state index < -0.39 is 23.5 Å². The Hall–Kier alpha value is -5.71. The van der Waals surface area contributed by atoms with Crippen LogP contribution in [-0.4, -0.2) is 17.1 Å². The number of nitrogens with zero attached hydrogens (tertiary/aromatic N) is 2. The lowest BCUT2D eigenvalue weighted by molar-refractivity contribution is -0.139. The molecule has 0 N–H and O–H groups in total. The van der Waals surface area contributed by atoms with Crippen molar-refractivity contribution in [3.8, 4) is 5.75 Å². The van der Waals surface area contributed by atoms with E-state index in [1.54, 1.807) is 26.2 Å². The van der Waals surface area contributed by atoms with Crippen molar-refractivity contribution in [3.63, 3.8) is 0 Å². The normalized spacial score (nSPS) is 11.1. The molecule has 2 heterocycles. The summed E-state index contributed by atoms with van der Waals surface area (Å²) in [5, 5.41) is 1.63. The molecule has 0 bridgehead atoms. The van der Waals surface area contributed by atoms with Gasteiger partial charge in [-0.2, -0.15) is 26.3 Å². The van der Waals surface area contributed by atoms with E-state index in [0.717, 1.165) is 43.7 Å². The van der Waals surface area contributed by atoms with E-state index in [1.165, 1.54) is 77.2 Å². The minimum atomic E-state index is -4.30. The van der Waals surface area contributed by atoms with Crippen molar-refractivity contribution in [2.45, 2.75) is 206 Å². The van der Waals surface area contributed by atoms with Crippen LogP contribution in [0.25, 0.3) is 0 Å². The Morgan fingerprint density at radius 1 is 0.345 bits per heavy atom. The molecule has 7 aromatic rings. The van der Waals surface area contributed by atoms with Gasteiger partial charge in [0.25, 0.3) is 0 Å². The van der Waals surface area contributed by atoms with Gasteiger partial charge >= 0.3 is 12.4 Å². The maximum absolute atomic E-state index is 12.9. The molecule has 0 aliphatic rings. The minimum absolute atomic E-state index is 0.0295. The second kappa shape index (κ2) is 35.7. The highest BCUT2D eigenvalue weighted by molar-refractivity contribution is 6.31. The molecule has 2 aromatic heterocycles. The van der Waals surface area contributed by atoms with Crippen LogP contribution in [0.5, 0.6) is 5.75 Å². The van der Waals surface area contributed by atoms with Crippen LogP contribution >= 0.6 is 23.2 Å². The summed E-state index contributed by atoms with van der Waals surface area (Å²) in [5.74, 6) is 3.76. The first-order valence-electron chi connectivity index (χ1n) is 28.8. The molecule has 12 heteroatoms. The molecular formula is C72H95Cl2F7N2O. The van der Waals surface area contributed by atoms with Gasteiger partial charge in [-0.1, -0.05) is 187 Å². The predicted octanol–water partition coefficient (Wildman–Crippen LogP) is 24.4. The highest BCUT2D eigenvalue weighted by Gasteiger charge is 2.34. The Kier molecular flexibility index (Phi) is 32.4. The van der Waals surface area contributed by atoms with Crippen molar-refractivity contribution in [1.29, 1.82) is 0 Å². The number of benzene rings is 5. The second-order valence-electron chi connectivity index (χ2n) is 23.5. The summed E-state index contributed by atoms with van der Waals surface area (Å²) < 4.78 is 93.0. The van der Waals surface area contributed by atoms with Gasteiger partial charge in [0.05, 0.1) is 29.0 Å². The fraction of sp³-hybridized carbons (Fsp3) is 0.444. The van der Waals surface area contributed by atoms with Crippen LogP contribution in [0.2, 0.25) is 10.0 Å². The van der Waals surface area contributed by atoms with Crippen LogP contribution in [0.4, 0.5) is 30.7 Å². The highest BCUT2D eigenvalue weighted by atomic mass is 35.5. The molecule has 5 aromatic carbocycles. The van der Waals surface area contributed by atoms with Crippen molar-refractivity contribution >= 4 is 23.2 Å². The van der Waals surface area contributed by atoms with Gasteiger partial charge in [-0.25, -0.2) is 4.39 Å². The van der Waals surface area contributed by atoms with Gasteiger partial charge < -0.3 is 4.74 Å². The number of aromatic nitrogens is 2. The third kappa shape index (κ3) is 26.7. The molecule has 0 atom stereocenters. The number of alkyl halides is 6. The fourth-order valence-corrected chi connectivity index (χ4v) is 7.91. The molecule has 0 spiro atoms. The molecule has 0 saturated heterocycles. The molecular weight excluding hydrogens is 1110 g/mol. The minimum Gasteiger partial charge on any atom is -0.496 e. The summed E-state index contributed by atoms with van der Waals surface area (Å²) in [6.45, 7) is 43.9. The second-order valence-corrected chi connectivity index (χ2v) is 24.3. The van der Waals surface area contributed by atoms with E-state index in [4.69, 9.17) is 27.9 Å². The van der Waals surface area contributed by atoms with Gasteiger partial charge in [-0.3, -0.25) is 9.97 Å². The van der Waals surface area contributed by atoms with Gasteiger partial charge in [0.15, 0.2) is 0 Å². The van der Waals surface area contributed by atoms with E-state index in [9.17, 15) is 30.7 Å². The van der Waals surface area contributed by atoms with E-state index >= 15 is 0 Å². The zero-order valence-electron chi connectivity index (χ0n) is 54.2. The van der Waals surface area contributed by atoms with Gasteiger partial charge in [0, 0.05) is 23.1 Å². The molecule has 3 nitrogen and oxygen atoms in total. The summed E-state index contributed by atoms with van der Waals surface area (Å²) >= 11 is 11.9. The van der Waals surface area contributed by atoms with Crippen LogP contribution in [-0.2, 0) is 12.4 Å². The topological polar surface area (TPSA) is 35.0 Å². The standard InChI is InChI=1S/C11H13F3.C11H16O.C11H16.C10H13Cl.C10H12F3N.C10H13F.C9H12ClN/c1-7(2)9-5-4-8(3)10(6-9)11(12,13)14;1-8(2)10-6-5-9(3)11(7-10)12-4;1-8(2)11-6-5-9(3)10(4)7-11;1-7(2)9-5-4-8(3)10(11)6-9;1-6(2)8-4-9(10(11,12)13)7(3)14-5-8;1-7(2)9-5-4-8(3)10(11)6-9;1-6(2)8-4-9(10)7(3)11-5-8/h4-7H,1-3H3;5-8H,1-4H3;5-8H,1-4H3;4-7H,1-3H3;4-6H,1-3H3;4-7H,1-3H3;4-6H,1-3H3. The monoisotopic (exact) mass is 1210 g/mol. The highest BCUT2D eigenvalue weighted by Crippen LogP contribution is 2.35. The van der Waals surface area contributed by atoms with Crippen LogP contribution in [0.1, 0.15) is 233 Å². The average molecular weight is 1210 g/mol. The molecule has 84 heavy (non-hydrogen) atoms. The Morgan fingerprint density at radius 2 is 0.679 bits per heavy atom. The number of ether oxygens (including phenoxy) is 1. The Balaban J connectivity index is 0.000000491. The van der Waals surface area contributed by atoms with E-state index in [0.29, 0.717) is 35.2 Å². The van der Waals surface area contributed by atoms with Crippen molar-refractivity contribution < 1.29 is 35.5 Å². The largest absolute Gasteiger partial charge is 0.496 e. The lowest BCUT2D eigenvalue weighted by Crippen LogP contribution is -2.10. The number of hydrogen-bond acceptors (Lipinski definition) is 3. The quantitative estimate of drug-likeness (QED) is 0.142. The Labute approximate surface area is 511 Å². The van der Waals surface area contributed by atoms with Gasteiger partial charge in [0.2, 0.25) is 0 Å². The zero-order chi connectivity index (χ0) is 64.7. The summed E-state index contributed by atoms with van der Waals surface area (Å²) in [5.41, 5.74) is 13.6. The first-order valence-corrected chi connectivity index (χ1v) is 29.6. The molecule has 0 fully saturated rings. The molecule has 0 unspecified atom stereocenters. The number of aryl methyl sites for hydroxylation is 8. The van der Waals surface area contributed by atoms with Gasteiger partial charge in [-0.15, -0.1) is 0 Å². The van der Waals surface area contributed by atoms with E-state index in [2.05, 4.69) is 149 Å². The van der Waals surface area contributed by atoms with Gasteiger partial charge in [0.1, 0.15) is 11.6 Å². The number of pyridine rings is 2. The summed E-state index contributed by atoms with van der Waals surface area (Å²) in [7, 11) is 1.71. The summed E-state index contributed by atoms with van der Waals surface area (Å²) in [4.78, 5) is 7.91. The third-order valence-corrected chi connectivity index (χ3v) is 14.8. The Bertz CT molecular complexity index is 2810. The molecule has 0 aliphatic carbocycles. The predicted molar refractivity (Wildman–Crippen MR) is 344 cm³/mol. The smallest absolute Gasteiger partial charge is 0.418 e. The third-order valence-electron chi connectivity index (χ3n) is 14.0. The van der Waals surface area contributed by atoms with Crippen LogP contribution < -0.4 is 4.74 Å². The molecule has 0 aliphatic heterocycles. The average Bonchev–Trinajstić information content (AvgIpc) is 3.62. The summed E-state index contributed by atoms with van der Waals surface area (Å²) in [6, 6.07) is 32.4. The molecule has 7 rings (SSSR count). The number of methoxy groups -OCH3 is 1. The molecule has 0 radical (unpaired) electrons. The van der Waals surface area contributed by atoms with Crippen LogP contribution in [0.15, 0.2) is 116 Å². The molecule has 462 valence electrons. The van der Waals surface area contributed by atoms with E-state index in [1.807, 2.05) is 72.0 Å². The SMILES string of the molecule is COc1cc(C(C)C)ccc1C.Cc1ccc(C(C)C)cc1C.Cc1ccc(C(C)C)cc1C(F)(F)F.Cc1ccc(C(C)C)cc1Cl.Cc1ccc(C(C)C)cc1F.Cc1ncc(C(C)C)cc1C(F)(F)F.Cc1ncc(C(C)C)cc1Cl. The molecule has 0 saturated carbocycles. The maximum atomic E-state index is 12.9. The summed E-state index contributed by atoms with van der Waals surface area (Å²) in [6.07, 6.45) is -5.17.